The summed E-state index contributed by atoms with van der Waals surface area (Å²) in [5.74, 6) is -0.0992. The highest BCUT2D eigenvalue weighted by molar-refractivity contribution is 5.88. The number of carbonyl (C=O) groups is 1. The minimum atomic E-state index is -4.07. The number of alkyl halides is 3. The molecule has 8 heteroatoms. The van der Waals surface area contributed by atoms with Crippen molar-refractivity contribution in [2.45, 2.75) is 46.3 Å². The molecule has 1 N–H and O–H groups in total. The molecule has 0 saturated heterocycles. The monoisotopic (exact) mass is 467 g/mol. The molecule has 0 saturated carbocycles. The fourth-order valence-corrected chi connectivity index (χ4v) is 3.08. The number of nitrogens with zero attached hydrogens (tertiary/aromatic N) is 1. The molecule has 2 rings (SSSR count). The standard InChI is InChI=1S/C20H23NO3.C5H9F3O/c1-5-17(24-4)10-9-14(2)13-21-15(3)11-18-16(12-20(22)23)7-6-8-19(18)21;1-2-9-4-3-5(6,7)8/h5-11H,1,12-13H2,2-4H3,(H,22,23);2-4H2,1H3/b14-9+,17-10+;. The first kappa shape index (κ1) is 28.0. The van der Waals surface area contributed by atoms with E-state index in [1.807, 2.05) is 37.3 Å². The Morgan fingerprint density at radius 3 is 2.52 bits per heavy atom. The molecule has 0 aliphatic heterocycles. The number of carboxylic acid groups (broad SMARTS) is 1. The van der Waals surface area contributed by atoms with Crippen LogP contribution in [0, 0.1) is 6.92 Å². The summed E-state index contributed by atoms with van der Waals surface area (Å²) in [4.78, 5) is 11.0. The van der Waals surface area contributed by atoms with Gasteiger partial charge in [0.1, 0.15) is 5.76 Å². The molecule has 33 heavy (non-hydrogen) atoms. The van der Waals surface area contributed by atoms with Crippen LogP contribution >= 0.6 is 0 Å². The van der Waals surface area contributed by atoms with Crippen LogP contribution in [0.25, 0.3) is 10.9 Å². The summed E-state index contributed by atoms with van der Waals surface area (Å²) in [6, 6.07) is 7.87. The van der Waals surface area contributed by atoms with E-state index in [1.54, 1.807) is 20.1 Å². The van der Waals surface area contributed by atoms with Crippen LogP contribution in [0.1, 0.15) is 31.5 Å². The van der Waals surface area contributed by atoms with Crippen LogP contribution in [0.4, 0.5) is 13.2 Å². The number of hydrogen-bond acceptors (Lipinski definition) is 3. The van der Waals surface area contributed by atoms with E-state index in [9.17, 15) is 18.0 Å². The molecule has 0 aliphatic rings. The Bertz CT molecular complexity index is 987. The molecule has 0 radical (unpaired) electrons. The predicted octanol–water partition coefficient (Wildman–Crippen LogP) is 6.21. The Morgan fingerprint density at radius 1 is 1.27 bits per heavy atom. The molecule has 0 spiro atoms. The summed E-state index contributed by atoms with van der Waals surface area (Å²) < 4.78 is 45.7. The summed E-state index contributed by atoms with van der Waals surface area (Å²) in [7, 11) is 1.62. The molecule has 0 unspecified atom stereocenters. The van der Waals surface area contributed by atoms with Gasteiger partial charge in [-0.05, 0) is 50.6 Å². The Hall–Kier alpha value is -3.00. The predicted molar refractivity (Wildman–Crippen MR) is 124 cm³/mol. The van der Waals surface area contributed by atoms with Crippen LogP contribution < -0.4 is 0 Å². The van der Waals surface area contributed by atoms with E-state index in [2.05, 4.69) is 28.9 Å². The second-order valence-electron chi connectivity index (χ2n) is 7.34. The first-order chi connectivity index (χ1) is 15.5. The SMILES string of the molecule is C=C/C(=C\C=C(/C)Cn1c(C)cc2c(CC(=O)O)cccc21)OC.CCOCCC(F)(F)F. The number of methoxy groups -OCH3 is 1. The van der Waals surface area contributed by atoms with Crippen molar-refractivity contribution in [1.29, 1.82) is 0 Å². The fraction of sp³-hybridized carbons (Fsp3) is 0.400. The van der Waals surface area contributed by atoms with Gasteiger partial charge in [-0.15, -0.1) is 0 Å². The molecule has 1 heterocycles. The number of aromatic nitrogens is 1. The Kier molecular flexibility index (Phi) is 11.5. The van der Waals surface area contributed by atoms with Crippen molar-refractivity contribution in [1.82, 2.24) is 4.57 Å². The van der Waals surface area contributed by atoms with Gasteiger partial charge in [0.25, 0.3) is 0 Å². The van der Waals surface area contributed by atoms with Crippen molar-refractivity contribution in [3.05, 3.63) is 71.7 Å². The molecule has 1 aromatic heterocycles. The van der Waals surface area contributed by atoms with Gasteiger partial charge in [0, 0.05) is 29.7 Å². The van der Waals surface area contributed by atoms with Gasteiger partial charge in [0.2, 0.25) is 0 Å². The Balaban J connectivity index is 0.000000513. The van der Waals surface area contributed by atoms with Gasteiger partial charge >= 0.3 is 12.1 Å². The number of ether oxygens (including phenoxy) is 2. The molecule has 1 aromatic carbocycles. The number of benzene rings is 1. The van der Waals surface area contributed by atoms with Gasteiger partial charge in [0.15, 0.2) is 0 Å². The minimum absolute atomic E-state index is 0.0366. The largest absolute Gasteiger partial charge is 0.497 e. The molecular formula is C25H32F3NO4. The van der Waals surface area contributed by atoms with Gasteiger partial charge in [-0.2, -0.15) is 13.2 Å². The summed E-state index contributed by atoms with van der Waals surface area (Å²) in [6.07, 6.45) is 0.676. The average Bonchev–Trinajstić information content (AvgIpc) is 3.04. The number of fused-ring (bicyclic) bond motifs is 1. The quantitative estimate of drug-likeness (QED) is 0.256. The van der Waals surface area contributed by atoms with Crippen molar-refractivity contribution in [3.8, 4) is 0 Å². The van der Waals surface area contributed by atoms with Gasteiger partial charge in [-0.1, -0.05) is 30.4 Å². The lowest BCUT2D eigenvalue weighted by Crippen LogP contribution is -2.11. The summed E-state index contributed by atoms with van der Waals surface area (Å²) >= 11 is 0. The van der Waals surface area contributed by atoms with E-state index in [0.717, 1.165) is 34.3 Å². The molecule has 0 amide bonds. The molecule has 2 aromatic rings. The molecule has 0 aliphatic carbocycles. The lowest BCUT2D eigenvalue weighted by Gasteiger charge is -2.09. The summed E-state index contributed by atoms with van der Waals surface area (Å²) in [5.41, 5.74) is 4.17. The summed E-state index contributed by atoms with van der Waals surface area (Å²) in [5, 5.41) is 10.1. The van der Waals surface area contributed by atoms with E-state index in [0.29, 0.717) is 12.4 Å². The van der Waals surface area contributed by atoms with Crippen molar-refractivity contribution >= 4 is 16.9 Å². The highest BCUT2D eigenvalue weighted by Crippen LogP contribution is 2.25. The highest BCUT2D eigenvalue weighted by atomic mass is 19.4. The van der Waals surface area contributed by atoms with Crippen LogP contribution in [0.15, 0.2) is 60.4 Å². The first-order valence-corrected chi connectivity index (χ1v) is 10.5. The lowest BCUT2D eigenvalue weighted by atomic mass is 10.1. The van der Waals surface area contributed by atoms with Crippen molar-refractivity contribution in [2.24, 2.45) is 0 Å². The molecule has 0 fully saturated rings. The van der Waals surface area contributed by atoms with Crippen LogP contribution in [-0.2, 0) is 27.2 Å². The summed E-state index contributed by atoms with van der Waals surface area (Å²) in [6.45, 7) is 10.3. The second kappa shape index (κ2) is 13.5. The average molecular weight is 468 g/mol. The van der Waals surface area contributed by atoms with Crippen LogP contribution in [-0.4, -0.2) is 42.1 Å². The van der Waals surface area contributed by atoms with Crippen LogP contribution in [0.2, 0.25) is 0 Å². The van der Waals surface area contributed by atoms with E-state index < -0.39 is 18.6 Å². The number of aliphatic carboxylic acids is 1. The first-order valence-electron chi connectivity index (χ1n) is 10.5. The van der Waals surface area contributed by atoms with Gasteiger partial charge < -0.3 is 19.1 Å². The smallest absolute Gasteiger partial charge is 0.391 e. The number of carboxylic acids is 1. The van der Waals surface area contributed by atoms with E-state index >= 15 is 0 Å². The maximum Gasteiger partial charge on any atom is 0.391 e. The molecule has 0 bridgehead atoms. The zero-order valence-corrected chi connectivity index (χ0v) is 19.5. The van der Waals surface area contributed by atoms with Crippen molar-refractivity contribution in [2.75, 3.05) is 20.3 Å². The zero-order valence-electron chi connectivity index (χ0n) is 19.5. The third-order valence-corrected chi connectivity index (χ3v) is 4.70. The van der Waals surface area contributed by atoms with Crippen LogP contribution in [0.3, 0.4) is 0 Å². The van der Waals surface area contributed by atoms with E-state index in [-0.39, 0.29) is 13.0 Å². The number of hydrogen-bond donors (Lipinski definition) is 1. The minimum Gasteiger partial charge on any atom is -0.497 e. The maximum atomic E-state index is 11.3. The van der Waals surface area contributed by atoms with Crippen molar-refractivity contribution in [3.63, 3.8) is 0 Å². The highest BCUT2D eigenvalue weighted by Gasteiger charge is 2.26. The number of aryl methyl sites for hydroxylation is 1. The third kappa shape index (κ3) is 9.99. The number of halogens is 3. The van der Waals surface area contributed by atoms with Gasteiger partial charge in [-0.3, -0.25) is 4.79 Å². The van der Waals surface area contributed by atoms with Gasteiger partial charge in [-0.25, -0.2) is 0 Å². The molecule has 182 valence electrons. The molecular weight excluding hydrogens is 435 g/mol. The van der Waals surface area contributed by atoms with Crippen LogP contribution in [0.5, 0.6) is 0 Å². The normalized spacial score (nSPS) is 12.3. The lowest BCUT2D eigenvalue weighted by molar-refractivity contribution is -0.144. The van der Waals surface area contributed by atoms with E-state index in [1.165, 1.54) is 0 Å². The zero-order chi connectivity index (χ0) is 25.0. The Labute approximate surface area is 192 Å². The molecule has 5 nitrogen and oxygen atoms in total. The van der Waals surface area contributed by atoms with E-state index in [4.69, 9.17) is 9.84 Å². The second-order valence-corrected chi connectivity index (χ2v) is 7.34. The number of rotatable bonds is 10. The topological polar surface area (TPSA) is 60.7 Å². The Morgan fingerprint density at radius 2 is 1.97 bits per heavy atom. The molecule has 0 atom stereocenters. The third-order valence-electron chi connectivity index (χ3n) is 4.70. The van der Waals surface area contributed by atoms with Gasteiger partial charge in [0.05, 0.1) is 26.6 Å². The fourth-order valence-electron chi connectivity index (χ4n) is 3.08. The number of allylic oxidation sites excluding steroid dienone is 4. The van der Waals surface area contributed by atoms with Crippen molar-refractivity contribution < 1.29 is 32.5 Å². The maximum absolute atomic E-state index is 11.3.